The van der Waals surface area contributed by atoms with Gasteiger partial charge in [0.15, 0.2) is 0 Å². The van der Waals surface area contributed by atoms with Crippen LogP contribution < -0.4 is 14.8 Å². The third-order valence-electron chi connectivity index (χ3n) is 4.54. The van der Waals surface area contributed by atoms with Gasteiger partial charge in [-0.05, 0) is 47.9 Å². The summed E-state index contributed by atoms with van der Waals surface area (Å²) in [6, 6.07) is 21.6. The van der Waals surface area contributed by atoms with Crippen molar-refractivity contribution in [3.63, 3.8) is 0 Å². The molecule has 4 heteroatoms. The first-order valence-electron chi connectivity index (χ1n) is 8.83. The highest BCUT2D eigenvalue weighted by molar-refractivity contribution is 5.86. The average molecular weight is 347 g/mol. The summed E-state index contributed by atoms with van der Waals surface area (Å²) in [4.78, 5) is 12.7. The highest BCUT2D eigenvalue weighted by Gasteiger charge is 2.29. The first-order valence-corrected chi connectivity index (χ1v) is 8.83. The van der Waals surface area contributed by atoms with Crippen molar-refractivity contribution in [3.8, 4) is 11.5 Å². The van der Waals surface area contributed by atoms with Crippen LogP contribution in [0.15, 0.2) is 66.7 Å². The highest BCUT2D eigenvalue weighted by Crippen LogP contribution is 2.29. The fourth-order valence-corrected chi connectivity index (χ4v) is 2.94. The van der Waals surface area contributed by atoms with Gasteiger partial charge >= 0.3 is 0 Å². The Balaban J connectivity index is 1.63. The minimum absolute atomic E-state index is 0.0931. The van der Waals surface area contributed by atoms with Crippen LogP contribution in [-0.2, 0) is 4.79 Å². The van der Waals surface area contributed by atoms with Gasteiger partial charge in [0.2, 0.25) is 6.10 Å². The summed E-state index contributed by atoms with van der Waals surface area (Å²) in [6.45, 7) is 0. The molecule has 0 aliphatic heterocycles. The van der Waals surface area contributed by atoms with Crippen molar-refractivity contribution >= 4 is 16.7 Å². The van der Waals surface area contributed by atoms with Crippen LogP contribution in [0.2, 0.25) is 0 Å². The fourth-order valence-electron chi connectivity index (χ4n) is 2.94. The Morgan fingerprint density at radius 1 is 0.962 bits per heavy atom. The Bertz CT molecular complexity index is 919. The van der Waals surface area contributed by atoms with E-state index in [0.29, 0.717) is 5.75 Å². The first kappa shape index (κ1) is 16.5. The highest BCUT2D eigenvalue weighted by atomic mass is 16.5. The van der Waals surface area contributed by atoms with Crippen molar-refractivity contribution in [2.24, 2.45) is 0 Å². The number of carbonyl (C=O) groups is 1. The van der Waals surface area contributed by atoms with Gasteiger partial charge in [0, 0.05) is 11.6 Å². The summed E-state index contributed by atoms with van der Waals surface area (Å²) in [6.07, 6.45) is 1.42. The molecular weight excluding hydrogens is 326 g/mol. The van der Waals surface area contributed by atoms with Crippen molar-refractivity contribution in [2.45, 2.75) is 25.0 Å². The number of benzene rings is 3. The van der Waals surface area contributed by atoms with Crippen LogP contribution >= 0.6 is 0 Å². The van der Waals surface area contributed by atoms with Crippen LogP contribution in [0.4, 0.5) is 0 Å². The van der Waals surface area contributed by atoms with Crippen LogP contribution in [0.25, 0.3) is 10.8 Å². The molecule has 0 radical (unpaired) electrons. The number of amides is 1. The Kier molecular flexibility index (Phi) is 4.48. The summed E-state index contributed by atoms with van der Waals surface area (Å²) >= 11 is 0. The first-order chi connectivity index (χ1) is 12.7. The number of hydrogen-bond donors (Lipinski definition) is 1. The van der Waals surface area contributed by atoms with E-state index in [1.165, 1.54) is 0 Å². The quantitative estimate of drug-likeness (QED) is 0.725. The lowest BCUT2D eigenvalue weighted by Crippen LogP contribution is -2.33. The largest absolute Gasteiger partial charge is 0.497 e. The van der Waals surface area contributed by atoms with E-state index in [1.807, 2.05) is 66.7 Å². The van der Waals surface area contributed by atoms with E-state index in [0.717, 1.165) is 34.9 Å². The molecule has 1 fully saturated rings. The Labute approximate surface area is 152 Å². The maximum absolute atomic E-state index is 12.7. The van der Waals surface area contributed by atoms with Gasteiger partial charge in [0.1, 0.15) is 11.5 Å². The summed E-state index contributed by atoms with van der Waals surface area (Å²) in [5, 5.41) is 5.15. The molecule has 3 aromatic carbocycles. The molecule has 1 N–H and O–H groups in total. The van der Waals surface area contributed by atoms with Crippen LogP contribution in [0.1, 0.15) is 24.5 Å². The van der Waals surface area contributed by atoms with Crippen LogP contribution in [-0.4, -0.2) is 19.1 Å². The van der Waals surface area contributed by atoms with E-state index >= 15 is 0 Å². The standard InChI is InChI=1S/C22H21NO3/c1-25-19-11-7-15-8-12-20(14-17(15)13-19)26-21(16-5-3-2-4-6-16)22(24)23-18-9-10-18/h2-8,11-14,18,21H,9-10H2,1H3,(H,23,24)/t21-/m1/s1. The minimum atomic E-state index is -0.667. The second-order valence-electron chi connectivity index (χ2n) is 6.57. The number of ether oxygens (including phenoxy) is 2. The Morgan fingerprint density at radius 2 is 1.65 bits per heavy atom. The molecule has 0 aromatic heterocycles. The predicted octanol–water partition coefficient (Wildman–Crippen LogP) is 4.25. The molecule has 0 bridgehead atoms. The number of hydrogen-bond acceptors (Lipinski definition) is 3. The molecule has 0 spiro atoms. The molecule has 4 nitrogen and oxygen atoms in total. The van der Waals surface area contributed by atoms with Crippen molar-refractivity contribution < 1.29 is 14.3 Å². The van der Waals surface area contributed by atoms with E-state index in [-0.39, 0.29) is 11.9 Å². The van der Waals surface area contributed by atoms with E-state index in [2.05, 4.69) is 5.32 Å². The number of nitrogens with one attached hydrogen (secondary N) is 1. The Hall–Kier alpha value is -3.01. The molecular formula is C22H21NO3. The maximum atomic E-state index is 12.7. The van der Waals surface area contributed by atoms with Gasteiger partial charge < -0.3 is 14.8 Å². The second-order valence-corrected chi connectivity index (χ2v) is 6.57. The molecule has 1 aliphatic carbocycles. The number of methoxy groups -OCH3 is 1. The van der Waals surface area contributed by atoms with Gasteiger partial charge in [-0.15, -0.1) is 0 Å². The zero-order valence-corrected chi connectivity index (χ0v) is 14.6. The van der Waals surface area contributed by atoms with E-state index < -0.39 is 6.10 Å². The monoisotopic (exact) mass is 347 g/mol. The molecule has 1 aliphatic rings. The van der Waals surface area contributed by atoms with E-state index in [9.17, 15) is 4.79 Å². The molecule has 132 valence electrons. The lowest BCUT2D eigenvalue weighted by molar-refractivity contribution is -0.128. The van der Waals surface area contributed by atoms with Crippen LogP contribution in [0, 0.1) is 0 Å². The van der Waals surface area contributed by atoms with Gasteiger partial charge in [-0.2, -0.15) is 0 Å². The molecule has 0 unspecified atom stereocenters. The lowest BCUT2D eigenvalue weighted by atomic mass is 10.1. The number of carbonyl (C=O) groups excluding carboxylic acids is 1. The zero-order chi connectivity index (χ0) is 17.9. The summed E-state index contributed by atoms with van der Waals surface area (Å²) < 4.78 is 11.4. The van der Waals surface area contributed by atoms with Crippen molar-refractivity contribution in [1.82, 2.24) is 5.32 Å². The van der Waals surface area contributed by atoms with Crippen molar-refractivity contribution in [2.75, 3.05) is 7.11 Å². The smallest absolute Gasteiger partial charge is 0.266 e. The topological polar surface area (TPSA) is 47.6 Å². The molecule has 26 heavy (non-hydrogen) atoms. The molecule has 1 atom stereocenters. The van der Waals surface area contributed by atoms with Crippen LogP contribution in [0.5, 0.6) is 11.5 Å². The average Bonchev–Trinajstić information content (AvgIpc) is 3.50. The molecule has 0 saturated heterocycles. The third-order valence-corrected chi connectivity index (χ3v) is 4.54. The zero-order valence-electron chi connectivity index (χ0n) is 14.6. The van der Waals surface area contributed by atoms with Crippen LogP contribution in [0.3, 0.4) is 0 Å². The number of rotatable bonds is 6. The minimum Gasteiger partial charge on any atom is -0.497 e. The maximum Gasteiger partial charge on any atom is 0.266 e. The molecule has 1 saturated carbocycles. The summed E-state index contributed by atoms with van der Waals surface area (Å²) in [5.41, 5.74) is 0.844. The summed E-state index contributed by atoms with van der Waals surface area (Å²) in [7, 11) is 1.65. The van der Waals surface area contributed by atoms with Crippen molar-refractivity contribution in [1.29, 1.82) is 0 Å². The molecule has 4 rings (SSSR count). The number of fused-ring (bicyclic) bond motifs is 1. The SMILES string of the molecule is COc1ccc2ccc(O[C@@H](C(=O)NC3CC3)c3ccccc3)cc2c1. The Morgan fingerprint density at radius 3 is 2.35 bits per heavy atom. The van der Waals surface area contributed by atoms with E-state index in [4.69, 9.17) is 9.47 Å². The molecule has 3 aromatic rings. The molecule has 1 amide bonds. The van der Waals surface area contributed by atoms with Gasteiger partial charge in [-0.25, -0.2) is 0 Å². The lowest BCUT2D eigenvalue weighted by Gasteiger charge is -2.19. The van der Waals surface area contributed by atoms with Gasteiger partial charge in [-0.3, -0.25) is 4.79 Å². The van der Waals surface area contributed by atoms with Gasteiger partial charge in [-0.1, -0.05) is 42.5 Å². The molecule has 0 heterocycles. The van der Waals surface area contributed by atoms with E-state index in [1.54, 1.807) is 7.11 Å². The third kappa shape index (κ3) is 3.64. The predicted molar refractivity (Wildman–Crippen MR) is 101 cm³/mol. The van der Waals surface area contributed by atoms with Gasteiger partial charge in [0.05, 0.1) is 7.11 Å². The van der Waals surface area contributed by atoms with Gasteiger partial charge in [0.25, 0.3) is 5.91 Å². The summed E-state index contributed by atoms with van der Waals surface area (Å²) in [5.74, 6) is 1.36. The second kappa shape index (κ2) is 7.08. The fraction of sp³-hybridized carbons (Fsp3) is 0.227. The van der Waals surface area contributed by atoms with Crippen molar-refractivity contribution in [3.05, 3.63) is 72.3 Å². The normalized spacial score (nSPS) is 14.7.